The topological polar surface area (TPSA) is 70.6 Å². The monoisotopic (exact) mass is 301 g/mol. The van der Waals surface area contributed by atoms with Gasteiger partial charge in [-0.1, -0.05) is 37.0 Å². The number of amides is 2. The Morgan fingerprint density at radius 2 is 1.68 bits per heavy atom. The molecular weight excluding hydrogens is 278 g/mol. The van der Waals surface area contributed by atoms with Gasteiger partial charge in [0, 0.05) is 11.4 Å². The highest BCUT2D eigenvalue weighted by Crippen LogP contribution is 2.24. The smallest absolute Gasteiger partial charge is 0.318 e. The van der Waals surface area contributed by atoms with E-state index in [1.54, 1.807) is 12.1 Å². The van der Waals surface area contributed by atoms with E-state index in [-0.39, 0.29) is 0 Å². The third-order valence-corrected chi connectivity index (χ3v) is 4.05. The van der Waals surface area contributed by atoms with Crippen LogP contribution in [0.15, 0.2) is 29.4 Å². The maximum Gasteiger partial charge on any atom is 0.329 e. The molecule has 2 rings (SSSR count). The summed E-state index contributed by atoms with van der Waals surface area (Å²) < 4.78 is 0. The minimum Gasteiger partial charge on any atom is -0.318 e. The molecule has 22 heavy (non-hydrogen) atoms. The molecule has 0 unspecified atom stereocenters. The maximum atomic E-state index is 11.8. The van der Waals surface area contributed by atoms with Crippen LogP contribution in [0.3, 0.4) is 0 Å². The molecule has 2 amide bonds. The number of aryl methyl sites for hydroxylation is 1. The average molecular weight is 301 g/mol. The Morgan fingerprint density at radius 3 is 2.32 bits per heavy atom. The quantitative estimate of drug-likeness (QED) is 0.512. The normalized spacial score (nSPS) is 16.2. The molecule has 0 heterocycles. The van der Waals surface area contributed by atoms with Gasteiger partial charge in [0.05, 0.1) is 0 Å². The van der Waals surface area contributed by atoms with Crippen LogP contribution in [-0.4, -0.2) is 17.5 Å². The van der Waals surface area contributed by atoms with Gasteiger partial charge in [-0.05, 0) is 44.7 Å². The van der Waals surface area contributed by atoms with Crippen molar-refractivity contribution in [3.63, 3.8) is 0 Å². The van der Waals surface area contributed by atoms with Crippen LogP contribution in [-0.2, 0) is 9.59 Å². The summed E-state index contributed by atoms with van der Waals surface area (Å²) in [4.78, 5) is 23.6. The Kier molecular flexibility index (Phi) is 5.69. The molecule has 1 fully saturated rings. The van der Waals surface area contributed by atoms with Crippen LogP contribution >= 0.6 is 0 Å². The molecule has 1 aromatic carbocycles. The molecule has 5 heteroatoms. The number of hydrogen-bond acceptors (Lipinski definition) is 3. The van der Waals surface area contributed by atoms with Crippen molar-refractivity contribution in [2.45, 2.75) is 46.0 Å². The number of nitrogens with one attached hydrogen (secondary N) is 2. The highest BCUT2D eigenvalue weighted by Gasteiger charge is 2.17. The van der Waals surface area contributed by atoms with E-state index in [1.807, 2.05) is 26.0 Å². The van der Waals surface area contributed by atoms with Gasteiger partial charge >= 0.3 is 11.8 Å². The van der Waals surface area contributed by atoms with E-state index < -0.39 is 11.8 Å². The van der Waals surface area contributed by atoms with Gasteiger partial charge in [0.2, 0.25) is 0 Å². The van der Waals surface area contributed by atoms with Crippen LogP contribution < -0.4 is 10.7 Å². The number of rotatable bonds is 3. The van der Waals surface area contributed by atoms with Gasteiger partial charge in [0.1, 0.15) is 0 Å². The second-order valence-corrected chi connectivity index (χ2v) is 5.85. The molecule has 2 N–H and O–H groups in total. The minimum absolute atomic E-state index is 0.425. The van der Waals surface area contributed by atoms with E-state index in [0.717, 1.165) is 24.1 Å². The molecule has 0 radical (unpaired) electrons. The maximum absolute atomic E-state index is 11.8. The number of benzene rings is 1. The fourth-order valence-electron chi connectivity index (χ4n) is 2.63. The van der Waals surface area contributed by atoms with Crippen LogP contribution in [0.5, 0.6) is 0 Å². The predicted molar refractivity (Wildman–Crippen MR) is 87.6 cm³/mol. The van der Waals surface area contributed by atoms with E-state index in [1.165, 1.54) is 19.3 Å². The first kappa shape index (κ1) is 16.2. The molecular formula is C17H23N3O2. The molecule has 1 saturated carbocycles. The first-order valence-electron chi connectivity index (χ1n) is 7.78. The summed E-state index contributed by atoms with van der Waals surface area (Å²) in [7, 11) is 0. The van der Waals surface area contributed by atoms with Crippen molar-refractivity contribution < 1.29 is 9.59 Å². The Labute approximate surface area is 131 Å². The van der Waals surface area contributed by atoms with Gasteiger partial charge in [-0.15, -0.1) is 0 Å². The van der Waals surface area contributed by atoms with E-state index >= 15 is 0 Å². The predicted octanol–water partition coefficient (Wildman–Crippen LogP) is 3.01. The first-order chi connectivity index (χ1) is 10.6. The van der Waals surface area contributed by atoms with Crippen LogP contribution in [0.1, 0.15) is 44.6 Å². The van der Waals surface area contributed by atoms with Crippen molar-refractivity contribution >= 4 is 23.2 Å². The summed E-state index contributed by atoms with van der Waals surface area (Å²) >= 11 is 0. The Bertz CT molecular complexity index is 558. The zero-order valence-electron chi connectivity index (χ0n) is 13.2. The molecule has 1 aliphatic rings. The van der Waals surface area contributed by atoms with Crippen LogP contribution in [0.25, 0.3) is 0 Å². The van der Waals surface area contributed by atoms with Gasteiger partial charge in [-0.2, -0.15) is 5.10 Å². The lowest BCUT2D eigenvalue weighted by atomic mass is 9.86. The standard InChI is InChI=1S/C17H23N3O2/c1-12-8-10-15(11-9-12)18-16(21)17(22)20-19-13(2)14-6-4-3-5-7-14/h8-11,14H,3-7H2,1-2H3,(H,18,21)(H,20,22). The Balaban J connectivity index is 1.85. The summed E-state index contributed by atoms with van der Waals surface area (Å²) in [6, 6.07) is 7.27. The number of carbonyl (C=O) groups excluding carboxylic acids is 2. The fraction of sp³-hybridized carbons (Fsp3) is 0.471. The van der Waals surface area contributed by atoms with Crippen LogP contribution in [0.4, 0.5) is 5.69 Å². The second-order valence-electron chi connectivity index (χ2n) is 5.85. The van der Waals surface area contributed by atoms with Gasteiger partial charge < -0.3 is 5.32 Å². The molecule has 5 nitrogen and oxygen atoms in total. The van der Waals surface area contributed by atoms with Crippen LogP contribution in [0, 0.1) is 12.8 Å². The van der Waals surface area contributed by atoms with Crippen molar-refractivity contribution in [1.29, 1.82) is 0 Å². The van der Waals surface area contributed by atoms with Crippen molar-refractivity contribution in [3.8, 4) is 0 Å². The molecule has 0 aromatic heterocycles. The van der Waals surface area contributed by atoms with E-state index in [0.29, 0.717) is 11.6 Å². The Morgan fingerprint density at radius 1 is 1.05 bits per heavy atom. The summed E-state index contributed by atoms with van der Waals surface area (Å²) in [6.07, 6.45) is 5.91. The first-order valence-corrected chi connectivity index (χ1v) is 7.78. The number of carbonyl (C=O) groups is 2. The molecule has 0 aliphatic heterocycles. The van der Waals surface area contributed by atoms with Crippen molar-refractivity contribution in [3.05, 3.63) is 29.8 Å². The number of hydrazone groups is 1. The van der Waals surface area contributed by atoms with Crippen molar-refractivity contribution in [2.75, 3.05) is 5.32 Å². The molecule has 0 bridgehead atoms. The van der Waals surface area contributed by atoms with Crippen molar-refractivity contribution in [1.82, 2.24) is 5.43 Å². The lowest BCUT2D eigenvalue weighted by Crippen LogP contribution is -2.33. The summed E-state index contributed by atoms with van der Waals surface area (Å²) in [5.41, 5.74) is 4.94. The second kappa shape index (κ2) is 7.73. The third kappa shape index (κ3) is 4.69. The van der Waals surface area contributed by atoms with Gasteiger partial charge in [-0.3, -0.25) is 9.59 Å². The van der Waals surface area contributed by atoms with E-state index in [4.69, 9.17) is 0 Å². The van der Waals surface area contributed by atoms with Gasteiger partial charge in [0.15, 0.2) is 0 Å². The molecule has 0 saturated heterocycles. The van der Waals surface area contributed by atoms with Gasteiger partial charge in [-0.25, -0.2) is 5.43 Å². The van der Waals surface area contributed by atoms with E-state index in [9.17, 15) is 9.59 Å². The Hall–Kier alpha value is -2.17. The molecule has 0 atom stereocenters. The molecule has 1 aliphatic carbocycles. The third-order valence-electron chi connectivity index (χ3n) is 4.05. The fourth-order valence-corrected chi connectivity index (χ4v) is 2.63. The lowest BCUT2D eigenvalue weighted by Gasteiger charge is -2.20. The summed E-state index contributed by atoms with van der Waals surface area (Å²) in [5, 5.41) is 6.63. The number of nitrogens with zero attached hydrogens (tertiary/aromatic N) is 1. The van der Waals surface area contributed by atoms with Gasteiger partial charge in [0.25, 0.3) is 0 Å². The SMILES string of the molecule is CC(=NNC(=O)C(=O)Nc1ccc(C)cc1)C1CCCCC1. The highest BCUT2D eigenvalue weighted by molar-refractivity contribution is 6.39. The molecule has 1 aromatic rings. The molecule has 118 valence electrons. The van der Waals surface area contributed by atoms with Crippen LogP contribution in [0.2, 0.25) is 0 Å². The lowest BCUT2D eigenvalue weighted by molar-refractivity contribution is -0.136. The highest BCUT2D eigenvalue weighted by atomic mass is 16.2. The minimum atomic E-state index is -0.740. The number of hydrogen-bond donors (Lipinski definition) is 2. The number of anilines is 1. The zero-order chi connectivity index (χ0) is 15.9. The molecule has 0 spiro atoms. The van der Waals surface area contributed by atoms with E-state index in [2.05, 4.69) is 15.8 Å². The zero-order valence-corrected chi connectivity index (χ0v) is 13.2. The average Bonchev–Trinajstić information content (AvgIpc) is 2.55. The largest absolute Gasteiger partial charge is 0.329 e. The van der Waals surface area contributed by atoms with Crippen molar-refractivity contribution in [2.24, 2.45) is 11.0 Å². The summed E-state index contributed by atoms with van der Waals surface area (Å²) in [5.74, 6) is -1.02. The summed E-state index contributed by atoms with van der Waals surface area (Å²) in [6.45, 7) is 3.87.